The molecule has 1 N–H and O–H groups in total. The van der Waals surface area contributed by atoms with Gasteiger partial charge in [0.2, 0.25) is 5.91 Å². The Morgan fingerprint density at radius 2 is 1.93 bits per heavy atom. The topological polar surface area (TPSA) is 46.9 Å². The lowest BCUT2D eigenvalue weighted by Crippen LogP contribution is -2.24. The molecule has 0 spiro atoms. The van der Waals surface area contributed by atoms with Crippen molar-refractivity contribution in [1.29, 1.82) is 0 Å². The fourth-order valence-electron chi connectivity index (χ4n) is 2.66. The summed E-state index contributed by atoms with van der Waals surface area (Å²) >= 11 is 6.79. The van der Waals surface area contributed by atoms with Crippen LogP contribution in [0.15, 0.2) is 59.9 Å². The van der Waals surface area contributed by atoms with Gasteiger partial charge in [-0.05, 0) is 30.7 Å². The van der Waals surface area contributed by atoms with E-state index < -0.39 is 29.7 Å². The zero-order valence-electron chi connectivity index (χ0n) is 15.6. The minimum atomic E-state index is -4.47. The molecule has 158 valence electrons. The third-order valence-corrected chi connectivity index (χ3v) is 5.48. The molecular weight excluding hydrogens is 442 g/mol. The van der Waals surface area contributed by atoms with E-state index in [-0.39, 0.29) is 15.9 Å². The van der Waals surface area contributed by atoms with Crippen LogP contribution in [0.5, 0.6) is 0 Å². The summed E-state index contributed by atoms with van der Waals surface area (Å²) in [5.74, 6) is -1.06. The number of halogens is 5. The predicted octanol–water partition coefficient (Wildman–Crippen LogP) is 6.02. The molecule has 0 aliphatic heterocycles. The maximum Gasteiger partial charge on any atom is 0.406 e. The molecule has 10 heteroatoms. The van der Waals surface area contributed by atoms with E-state index in [1.807, 2.05) is 0 Å². The fourth-order valence-corrected chi connectivity index (χ4v) is 3.76. The first-order chi connectivity index (χ1) is 14.1. The van der Waals surface area contributed by atoms with Crippen molar-refractivity contribution < 1.29 is 22.4 Å². The number of carbonyl (C=O) groups is 1. The van der Waals surface area contributed by atoms with E-state index in [1.54, 1.807) is 30.3 Å². The molecule has 0 saturated carbocycles. The lowest BCUT2D eigenvalue weighted by Gasteiger charge is -2.16. The van der Waals surface area contributed by atoms with Crippen LogP contribution in [0, 0.1) is 5.82 Å². The van der Waals surface area contributed by atoms with Crippen molar-refractivity contribution in [2.45, 2.75) is 30.1 Å². The second-order valence-corrected chi connectivity index (χ2v) is 8.08. The maximum absolute atomic E-state index is 13.2. The van der Waals surface area contributed by atoms with Crippen LogP contribution in [-0.2, 0) is 11.3 Å². The van der Waals surface area contributed by atoms with E-state index in [0.29, 0.717) is 11.3 Å². The Morgan fingerprint density at radius 3 is 2.57 bits per heavy atom. The Bertz CT molecular complexity index is 1040. The van der Waals surface area contributed by atoms with E-state index in [4.69, 9.17) is 11.6 Å². The molecule has 1 unspecified atom stereocenters. The molecule has 0 radical (unpaired) electrons. The van der Waals surface area contributed by atoms with Crippen molar-refractivity contribution in [2.24, 2.45) is 0 Å². The van der Waals surface area contributed by atoms with Crippen LogP contribution in [0.2, 0.25) is 5.02 Å². The number of nitrogens with zero attached hydrogens (tertiary/aromatic N) is 2. The molecule has 0 fully saturated rings. The normalized spacial score (nSPS) is 12.6. The molecule has 1 amide bonds. The van der Waals surface area contributed by atoms with Crippen molar-refractivity contribution in [1.82, 2.24) is 9.55 Å². The Hall–Kier alpha value is -2.52. The summed E-state index contributed by atoms with van der Waals surface area (Å²) in [6, 6.07) is 12.1. The molecule has 2 aromatic carbocycles. The van der Waals surface area contributed by atoms with Gasteiger partial charge in [-0.2, -0.15) is 13.2 Å². The van der Waals surface area contributed by atoms with Gasteiger partial charge in [0.15, 0.2) is 5.16 Å². The quantitative estimate of drug-likeness (QED) is 0.363. The summed E-state index contributed by atoms with van der Waals surface area (Å²) in [7, 11) is 0. The van der Waals surface area contributed by atoms with Gasteiger partial charge in [0.1, 0.15) is 12.4 Å². The number of hydrogen-bond acceptors (Lipinski definition) is 3. The highest BCUT2D eigenvalue weighted by Crippen LogP contribution is 2.32. The zero-order valence-corrected chi connectivity index (χ0v) is 17.2. The van der Waals surface area contributed by atoms with Gasteiger partial charge >= 0.3 is 6.18 Å². The number of thioether (sulfide) groups is 1. The molecule has 1 aromatic heterocycles. The fraction of sp³-hybridized carbons (Fsp3) is 0.200. The van der Waals surface area contributed by atoms with Crippen molar-refractivity contribution in [3.8, 4) is 11.3 Å². The molecule has 0 bridgehead atoms. The minimum Gasteiger partial charge on any atom is -0.324 e. The number of hydrogen-bond donors (Lipinski definition) is 1. The van der Waals surface area contributed by atoms with Crippen LogP contribution >= 0.6 is 23.4 Å². The number of benzene rings is 2. The van der Waals surface area contributed by atoms with Crippen molar-refractivity contribution in [3.05, 3.63) is 65.6 Å². The molecule has 4 nitrogen and oxygen atoms in total. The molecule has 0 aliphatic rings. The van der Waals surface area contributed by atoms with Crippen molar-refractivity contribution in [2.75, 3.05) is 5.32 Å². The van der Waals surface area contributed by atoms with E-state index in [2.05, 4.69) is 10.3 Å². The van der Waals surface area contributed by atoms with Crippen molar-refractivity contribution >= 4 is 35.0 Å². The average molecular weight is 458 g/mol. The standard InChI is InChI=1S/C20H16ClF4N3OS/c1-12(18(29)27-16-8-7-14(22)9-15(16)21)30-19-26-10-17(13-5-3-2-4-6-13)28(19)11-20(23,24)25/h2-10,12H,11H2,1H3,(H,27,29). The van der Waals surface area contributed by atoms with Gasteiger partial charge in [-0.15, -0.1) is 0 Å². The highest BCUT2D eigenvalue weighted by Gasteiger charge is 2.31. The van der Waals surface area contributed by atoms with Gasteiger partial charge < -0.3 is 9.88 Å². The lowest BCUT2D eigenvalue weighted by molar-refractivity contribution is -0.141. The molecule has 0 aliphatic carbocycles. The van der Waals surface area contributed by atoms with Gasteiger partial charge in [-0.25, -0.2) is 9.37 Å². The summed E-state index contributed by atoms with van der Waals surface area (Å²) < 4.78 is 53.7. The summed E-state index contributed by atoms with van der Waals surface area (Å²) in [5, 5.41) is 1.83. The first kappa shape index (κ1) is 22.2. The van der Waals surface area contributed by atoms with Crippen LogP contribution in [-0.4, -0.2) is 26.9 Å². The number of rotatable bonds is 6. The highest BCUT2D eigenvalue weighted by atomic mass is 35.5. The average Bonchev–Trinajstić information content (AvgIpc) is 3.05. The van der Waals surface area contributed by atoms with Gasteiger partial charge in [-0.1, -0.05) is 53.7 Å². The molecule has 3 rings (SSSR count). The SMILES string of the molecule is CC(Sc1ncc(-c2ccccc2)n1CC(F)(F)F)C(=O)Nc1ccc(F)cc1Cl. The third kappa shape index (κ3) is 5.54. The molecular formula is C20H16ClF4N3OS. The van der Waals surface area contributed by atoms with Gasteiger partial charge in [0, 0.05) is 0 Å². The number of amides is 1. The molecule has 3 aromatic rings. The number of anilines is 1. The Labute approximate surface area is 179 Å². The van der Waals surface area contributed by atoms with E-state index >= 15 is 0 Å². The molecule has 30 heavy (non-hydrogen) atoms. The Kier molecular flexibility index (Phi) is 6.72. The summed E-state index contributed by atoms with van der Waals surface area (Å²) in [6.45, 7) is 0.296. The third-order valence-electron chi connectivity index (χ3n) is 4.07. The Morgan fingerprint density at radius 1 is 1.23 bits per heavy atom. The van der Waals surface area contributed by atoms with Crippen molar-refractivity contribution in [3.63, 3.8) is 0 Å². The maximum atomic E-state index is 13.2. The van der Waals surface area contributed by atoms with Gasteiger partial charge in [0.25, 0.3) is 0 Å². The summed E-state index contributed by atoms with van der Waals surface area (Å²) in [5.41, 5.74) is 1.08. The predicted molar refractivity (Wildman–Crippen MR) is 109 cm³/mol. The largest absolute Gasteiger partial charge is 0.406 e. The number of nitrogens with one attached hydrogen (secondary N) is 1. The smallest absolute Gasteiger partial charge is 0.324 e. The summed E-state index contributed by atoms with van der Waals surface area (Å²) in [6.07, 6.45) is -3.11. The number of alkyl halides is 3. The van der Waals surface area contributed by atoms with Crippen LogP contribution < -0.4 is 5.32 Å². The number of carbonyl (C=O) groups excluding carboxylic acids is 1. The number of aromatic nitrogens is 2. The van der Waals surface area contributed by atoms with Gasteiger partial charge in [-0.3, -0.25) is 4.79 Å². The minimum absolute atomic E-state index is 0.0190. The monoisotopic (exact) mass is 457 g/mol. The zero-order chi connectivity index (χ0) is 21.9. The first-order valence-electron chi connectivity index (χ1n) is 8.74. The number of imidazole rings is 1. The second kappa shape index (κ2) is 9.09. The second-order valence-electron chi connectivity index (χ2n) is 6.37. The van der Waals surface area contributed by atoms with E-state index in [1.165, 1.54) is 19.2 Å². The van der Waals surface area contributed by atoms with Crippen LogP contribution in [0.1, 0.15) is 6.92 Å². The lowest BCUT2D eigenvalue weighted by atomic mass is 10.2. The molecule has 0 saturated heterocycles. The van der Waals surface area contributed by atoms with E-state index in [9.17, 15) is 22.4 Å². The molecule has 1 atom stereocenters. The molecule has 1 heterocycles. The highest BCUT2D eigenvalue weighted by molar-refractivity contribution is 8.00. The first-order valence-corrected chi connectivity index (χ1v) is 10.00. The van der Waals surface area contributed by atoms with Crippen LogP contribution in [0.25, 0.3) is 11.3 Å². The van der Waals surface area contributed by atoms with Crippen LogP contribution in [0.4, 0.5) is 23.2 Å². The van der Waals surface area contributed by atoms with E-state index in [0.717, 1.165) is 28.5 Å². The van der Waals surface area contributed by atoms with Crippen LogP contribution in [0.3, 0.4) is 0 Å². The van der Waals surface area contributed by atoms with Gasteiger partial charge in [0.05, 0.1) is 27.9 Å². The Balaban J connectivity index is 1.82. The summed E-state index contributed by atoms with van der Waals surface area (Å²) in [4.78, 5) is 16.6.